The second-order valence-corrected chi connectivity index (χ2v) is 6.70. The topological polar surface area (TPSA) is 54.3 Å². The molecule has 0 saturated carbocycles. The minimum absolute atomic E-state index is 0.0542. The molecule has 0 radical (unpaired) electrons. The zero-order chi connectivity index (χ0) is 15.5. The molecule has 0 aromatic carbocycles. The van der Waals surface area contributed by atoms with Gasteiger partial charge in [0.1, 0.15) is 0 Å². The van der Waals surface area contributed by atoms with Gasteiger partial charge >= 0.3 is 0 Å². The molecule has 0 unspecified atom stereocenters. The van der Waals surface area contributed by atoms with Crippen LogP contribution in [0.4, 0.5) is 0 Å². The van der Waals surface area contributed by atoms with Crippen LogP contribution in [0.25, 0.3) is 0 Å². The van der Waals surface area contributed by atoms with E-state index in [1.807, 2.05) is 20.8 Å². The highest BCUT2D eigenvalue weighted by Crippen LogP contribution is 2.07. The molecule has 1 aromatic heterocycles. The van der Waals surface area contributed by atoms with Gasteiger partial charge in [0.2, 0.25) is 0 Å². The number of amides is 1. The first-order chi connectivity index (χ1) is 9.85. The van der Waals surface area contributed by atoms with E-state index in [1.165, 1.54) is 18.9 Å². The Balaban J connectivity index is 2.05. The molecule has 1 aliphatic heterocycles. The third kappa shape index (κ3) is 4.70. The van der Waals surface area contributed by atoms with Crippen molar-refractivity contribution in [1.29, 1.82) is 0 Å². The largest absolute Gasteiger partial charge is 0.347 e. The Labute approximate surface area is 126 Å². The van der Waals surface area contributed by atoms with Crippen LogP contribution in [0.1, 0.15) is 44.0 Å². The van der Waals surface area contributed by atoms with E-state index < -0.39 is 0 Å². The predicted molar refractivity (Wildman–Crippen MR) is 83.6 cm³/mol. The van der Waals surface area contributed by atoms with Crippen LogP contribution in [-0.2, 0) is 6.54 Å². The number of carbonyl (C=O) groups excluding carboxylic acids is 1. The molecule has 0 spiro atoms. The monoisotopic (exact) mass is 291 g/mol. The zero-order valence-corrected chi connectivity index (χ0v) is 13.2. The summed E-state index contributed by atoms with van der Waals surface area (Å²) >= 11 is 0. The Bertz CT molecular complexity index is 551. The van der Waals surface area contributed by atoms with Gasteiger partial charge in [-0.25, -0.2) is 0 Å². The molecule has 1 fully saturated rings. The second-order valence-electron chi connectivity index (χ2n) is 6.70. The van der Waals surface area contributed by atoms with Gasteiger partial charge < -0.3 is 14.8 Å². The molecule has 1 N–H and O–H groups in total. The van der Waals surface area contributed by atoms with Crippen LogP contribution < -0.4 is 10.9 Å². The quantitative estimate of drug-likeness (QED) is 0.914. The molecule has 0 aliphatic carbocycles. The van der Waals surface area contributed by atoms with Gasteiger partial charge in [0.05, 0.1) is 5.56 Å². The molecule has 116 valence electrons. The number of aromatic nitrogens is 1. The van der Waals surface area contributed by atoms with Crippen molar-refractivity contribution in [2.75, 3.05) is 19.6 Å². The fraction of sp³-hybridized carbons (Fsp3) is 0.625. The Morgan fingerprint density at radius 2 is 1.86 bits per heavy atom. The molecular formula is C16H25N3O2. The molecule has 0 atom stereocenters. The van der Waals surface area contributed by atoms with Crippen molar-refractivity contribution in [1.82, 2.24) is 14.8 Å². The van der Waals surface area contributed by atoms with E-state index in [0.29, 0.717) is 12.1 Å². The molecular weight excluding hydrogens is 266 g/mol. The van der Waals surface area contributed by atoms with E-state index in [2.05, 4.69) is 10.2 Å². The lowest BCUT2D eigenvalue weighted by molar-refractivity contribution is 0.0918. The van der Waals surface area contributed by atoms with Crippen molar-refractivity contribution < 1.29 is 4.79 Å². The fourth-order valence-corrected chi connectivity index (χ4v) is 2.51. The Morgan fingerprint density at radius 1 is 1.19 bits per heavy atom. The lowest BCUT2D eigenvalue weighted by Crippen LogP contribution is -2.41. The maximum Gasteiger partial charge on any atom is 0.253 e. The van der Waals surface area contributed by atoms with Crippen LogP contribution in [0.3, 0.4) is 0 Å². The molecule has 21 heavy (non-hydrogen) atoms. The number of rotatable bonds is 4. The van der Waals surface area contributed by atoms with Crippen molar-refractivity contribution in [2.24, 2.45) is 0 Å². The van der Waals surface area contributed by atoms with Crippen LogP contribution in [0.5, 0.6) is 0 Å². The van der Waals surface area contributed by atoms with Crippen molar-refractivity contribution in [3.05, 3.63) is 34.2 Å². The van der Waals surface area contributed by atoms with Gasteiger partial charge in [0.15, 0.2) is 0 Å². The minimum atomic E-state index is -0.284. The highest BCUT2D eigenvalue weighted by Gasteiger charge is 2.16. The lowest BCUT2D eigenvalue weighted by Gasteiger charge is -2.21. The van der Waals surface area contributed by atoms with Gasteiger partial charge in [0.25, 0.3) is 11.5 Å². The maximum atomic E-state index is 12.1. The summed E-state index contributed by atoms with van der Waals surface area (Å²) in [5.41, 5.74) is 0.195. The molecule has 1 aromatic rings. The minimum Gasteiger partial charge on any atom is -0.347 e. The number of carbonyl (C=O) groups is 1. The first-order valence-electron chi connectivity index (χ1n) is 7.60. The molecule has 1 aliphatic rings. The third-order valence-electron chi connectivity index (χ3n) is 3.59. The Kier molecular flexibility index (Phi) is 4.83. The van der Waals surface area contributed by atoms with E-state index in [9.17, 15) is 9.59 Å². The number of hydrogen-bond acceptors (Lipinski definition) is 3. The summed E-state index contributed by atoms with van der Waals surface area (Å²) in [4.78, 5) is 26.4. The number of hydrogen-bond donors (Lipinski definition) is 1. The van der Waals surface area contributed by atoms with Crippen LogP contribution in [0.2, 0.25) is 0 Å². The summed E-state index contributed by atoms with van der Waals surface area (Å²) in [5, 5.41) is 2.91. The second kappa shape index (κ2) is 6.43. The van der Waals surface area contributed by atoms with Crippen LogP contribution in [0.15, 0.2) is 23.1 Å². The standard InChI is InChI=1S/C16H25N3O2/c1-16(2,3)17-15(21)13-6-7-14(20)19(12-13)11-10-18-8-4-5-9-18/h6-7,12H,4-5,8-11H2,1-3H3,(H,17,21). The molecule has 1 saturated heterocycles. The summed E-state index contributed by atoms with van der Waals surface area (Å²) in [6.07, 6.45) is 4.14. The van der Waals surface area contributed by atoms with Crippen molar-refractivity contribution >= 4 is 5.91 Å². The molecule has 5 nitrogen and oxygen atoms in total. The fourth-order valence-electron chi connectivity index (χ4n) is 2.51. The van der Waals surface area contributed by atoms with Crippen molar-refractivity contribution in [2.45, 2.75) is 45.7 Å². The van der Waals surface area contributed by atoms with E-state index in [1.54, 1.807) is 16.8 Å². The van der Waals surface area contributed by atoms with Gasteiger partial charge in [0, 0.05) is 30.9 Å². The molecule has 0 bridgehead atoms. The number of nitrogens with one attached hydrogen (secondary N) is 1. The lowest BCUT2D eigenvalue weighted by atomic mass is 10.1. The smallest absolute Gasteiger partial charge is 0.253 e. The highest BCUT2D eigenvalue weighted by atomic mass is 16.2. The summed E-state index contributed by atoms with van der Waals surface area (Å²) in [6.45, 7) is 9.54. The Hall–Kier alpha value is -1.62. The summed E-state index contributed by atoms with van der Waals surface area (Å²) < 4.78 is 1.63. The Morgan fingerprint density at radius 3 is 2.48 bits per heavy atom. The van der Waals surface area contributed by atoms with Gasteiger partial charge in [-0.15, -0.1) is 0 Å². The number of likely N-dealkylation sites (tertiary alicyclic amines) is 1. The van der Waals surface area contributed by atoms with E-state index in [0.717, 1.165) is 19.6 Å². The normalized spacial score (nSPS) is 16.1. The third-order valence-corrected chi connectivity index (χ3v) is 3.59. The zero-order valence-electron chi connectivity index (χ0n) is 13.2. The van der Waals surface area contributed by atoms with Gasteiger partial charge in [-0.1, -0.05) is 0 Å². The summed E-state index contributed by atoms with van der Waals surface area (Å²) in [7, 11) is 0. The van der Waals surface area contributed by atoms with Crippen LogP contribution in [0, 0.1) is 0 Å². The SMILES string of the molecule is CC(C)(C)NC(=O)c1ccc(=O)n(CCN2CCCC2)c1. The molecule has 5 heteroatoms. The van der Waals surface area contributed by atoms with Gasteiger partial charge in [-0.2, -0.15) is 0 Å². The van der Waals surface area contributed by atoms with Crippen LogP contribution >= 0.6 is 0 Å². The average molecular weight is 291 g/mol. The predicted octanol–water partition coefficient (Wildman–Crippen LogP) is 1.47. The van der Waals surface area contributed by atoms with E-state index in [-0.39, 0.29) is 17.0 Å². The van der Waals surface area contributed by atoms with Gasteiger partial charge in [-0.05, 0) is 52.8 Å². The summed E-state index contributed by atoms with van der Waals surface area (Å²) in [5.74, 6) is -0.141. The average Bonchev–Trinajstić information content (AvgIpc) is 2.88. The summed E-state index contributed by atoms with van der Waals surface area (Å²) in [6, 6.07) is 3.07. The highest BCUT2D eigenvalue weighted by molar-refractivity contribution is 5.94. The van der Waals surface area contributed by atoms with Crippen molar-refractivity contribution in [3.63, 3.8) is 0 Å². The maximum absolute atomic E-state index is 12.1. The molecule has 2 heterocycles. The van der Waals surface area contributed by atoms with Crippen molar-refractivity contribution in [3.8, 4) is 0 Å². The first kappa shape index (κ1) is 15.8. The molecule has 1 amide bonds. The van der Waals surface area contributed by atoms with E-state index in [4.69, 9.17) is 0 Å². The first-order valence-corrected chi connectivity index (χ1v) is 7.60. The molecule has 2 rings (SSSR count). The van der Waals surface area contributed by atoms with Crippen LogP contribution in [-0.4, -0.2) is 40.5 Å². The number of pyridine rings is 1. The number of nitrogens with zero attached hydrogens (tertiary/aromatic N) is 2. The van der Waals surface area contributed by atoms with E-state index >= 15 is 0 Å². The van der Waals surface area contributed by atoms with Gasteiger partial charge in [-0.3, -0.25) is 9.59 Å².